The summed E-state index contributed by atoms with van der Waals surface area (Å²) in [7, 11) is 0. The summed E-state index contributed by atoms with van der Waals surface area (Å²) in [6.45, 7) is 30.6. The Labute approximate surface area is 423 Å². The lowest BCUT2D eigenvalue weighted by atomic mass is 10.0. The van der Waals surface area contributed by atoms with Crippen molar-refractivity contribution in [1.82, 2.24) is 0 Å². The third-order valence-corrected chi connectivity index (χ3v) is 9.14. The Morgan fingerprint density at radius 1 is 0.342 bits per heavy atom. The molecule has 0 fully saturated rings. The maximum Gasteiger partial charge on any atom is 0.338 e. The molecule has 4 aromatic rings. The Bertz CT molecular complexity index is 2730. The van der Waals surface area contributed by atoms with Crippen molar-refractivity contribution < 1.29 is 80.5 Å². The molecule has 0 N–H and O–H groups in total. The summed E-state index contributed by atoms with van der Waals surface area (Å²) >= 11 is 0. The molecule has 0 bridgehead atoms. The van der Waals surface area contributed by atoms with Crippen LogP contribution in [-0.4, -0.2) is 88.7 Å². The predicted molar refractivity (Wildman–Crippen MR) is 270 cm³/mol. The zero-order valence-corrected chi connectivity index (χ0v) is 41.8. The minimum Gasteiger partial charge on any atom is -0.486 e. The van der Waals surface area contributed by atoms with Crippen LogP contribution in [0.4, 0.5) is 4.39 Å². The molecule has 0 aliphatic carbocycles. The fourth-order valence-corrected chi connectivity index (χ4v) is 5.34. The molecule has 0 aliphatic heterocycles. The molecule has 0 saturated heterocycles. The molecule has 0 atom stereocenters. The van der Waals surface area contributed by atoms with Gasteiger partial charge in [0.25, 0.3) is 0 Å². The minimum absolute atomic E-state index is 0.00757. The lowest BCUT2D eigenvalue weighted by Gasteiger charge is -2.15. The molecule has 16 nitrogen and oxygen atoms in total. The first kappa shape index (κ1) is 58.6. The molecular formula is C56H59FO16. The van der Waals surface area contributed by atoms with Crippen molar-refractivity contribution >= 4 is 35.8 Å². The van der Waals surface area contributed by atoms with Gasteiger partial charge in [0.15, 0.2) is 34.6 Å². The second-order valence-corrected chi connectivity index (χ2v) is 15.9. The molecule has 4 aromatic carbocycles. The summed E-state index contributed by atoms with van der Waals surface area (Å²) in [4.78, 5) is 69.6. The number of carbonyl (C=O) groups is 6. The van der Waals surface area contributed by atoms with Gasteiger partial charge in [0.2, 0.25) is 0 Å². The fourth-order valence-electron chi connectivity index (χ4n) is 5.34. The molecule has 0 amide bonds. The number of ether oxygens (including phenoxy) is 10. The molecule has 386 valence electrons. The maximum absolute atomic E-state index is 14.6. The second-order valence-electron chi connectivity index (χ2n) is 15.9. The van der Waals surface area contributed by atoms with Gasteiger partial charge in [-0.2, -0.15) is 0 Å². The standard InChI is InChI=1S/C28H29FO8.C28H30O8/c1-17(2)26(30)35-13-11-33-24-10-8-21(16-25(24)34-12-14-36-27(31)18(3)4)20-7-9-23(22(29)15-20)37-28(32)19(5)6;1-18(2)26(29)34-15-13-32-24-12-9-22(17-25(24)33-14-16-35-27(30)19(3)4)21-7-10-23(11-8-21)36-28(31)20(5)6/h7-10,15-16H,1,3,5,11-14H2,2,4,6H3;7-12,17H,1,3,5,13-16H2,2,4,6H3. The van der Waals surface area contributed by atoms with Gasteiger partial charge in [0, 0.05) is 33.4 Å². The van der Waals surface area contributed by atoms with E-state index in [0.29, 0.717) is 50.8 Å². The van der Waals surface area contributed by atoms with E-state index in [0.717, 1.165) is 11.1 Å². The largest absolute Gasteiger partial charge is 0.486 e. The third-order valence-electron chi connectivity index (χ3n) is 9.14. The number of hydrogen-bond acceptors (Lipinski definition) is 16. The van der Waals surface area contributed by atoms with Crippen LogP contribution in [0.2, 0.25) is 0 Å². The van der Waals surface area contributed by atoms with E-state index in [9.17, 15) is 33.2 Å². The maximum atomic E-state index is 14.6. The first-order valence-corrected chi connectivity index (χ1v) is 22.3. The average Bonchev–Trinajstić information content (AvgIpc) is 3.35. The third kappa shape index (κ3) is 20.3. The Morgan fingerprint density at radius 3 is 0.973 bits per heavy atom. The normalized spacial score (nSPS) is 10.1. The summed E-state index contributed by atoms with van der Waals surface area (Å²) in [6.07, 6.45) is 0. The fraction of sp³-hybridized carbons (Fsp3) is 0.250. The van der Waals surface area contributed by atoms with Crippen molar-refractivity contribution in [1.29, 1.82) is 0 Å². The molecule has 0 spiro atoms. The molecule has 0 aromatic heterocycles. The molecule has 0 radical (unpaired) electrons. The monoisotopic (exact) mass is 1010 g/mol. The minimum atomic E-state index is -0.735. The quantitative estimate of drug-likeness (QED) is 0.0189. The Balaban J connectivity index is 0.000000385. The highest BCUT2D eigenvalue weighted by molar-refractivity contribution is 5.90. The summed E-state index contributed by atoms with van der Waals surface area (Å²) in [6, 6.07) is 21.3. The number of esters is 6. The number of hydrogen-bond donors (Lipinski definition) is 0. The number of benzene rings is 4. The van der Waals surface area contributed by atoms with Gasteiger partial charge in [-0.3, -0.25) is 0 Å². The zero-order valence-electron chi connectivity index (χ0n) is 41.8. The molecule has 73 heavy (non-hydrogen) atoms. The van der Waals surface area contributed by atoms with Crippen LogP contribution in [0.15, 0.2) is 152 Å². The molecule has 4 rings (SSSR count). The number of halogens is 1. The van der Waals surface area contributed by atoms with Crippen LogP contribution in [0, 0.1) is 5.82 Å². The molecule has 0 heterocycles. The molecule has 17 heteroatoms. The van der Waals surface area contributed by atoms with Crippen LogP contribution in [0.3, 0.4) is 0 Å². The van der Waals surface area contributed by atoms with E-state index in [2.05, 4.69) is 39.5 Å². The first-order chi connectivity index (χ1) is 34.6. The summed E-state index contributed by atoms with van der Waals surface area (Å²) in [5.74, 6) is -2.44. The van der Waals surface area contributed by atoms with E-state index in [1.165, 1.54) is 32.9 Å². The summed E-state index contributed by atoms with van der Waals surface area (Å²) in [5, 5.41) is 0. The average molecular weight is 1010 g/mol. The topological polar surface area (TPSA) is 195 Å². The van der Waals surface area contributed by atoms with Crippen molar-refractivity contribution in [3.63, 3.8) is 0 Å². The van der Waals surface area contributed by atoms with Crippen LogP contribution in [0.5, 0.6) is 34.5 Å². The van der Waals surface area contributed by atoms with Gasteiger partial charge in [-0.05, 0) is 112 Å². The Morgan fingerprint density at radius 2 is 0.630 bits per heavy atom. The lowest BCUT2D eigenvalue weighted by Crippen LogP contribution is -2.14. The van der Waals surface area contributed by atoms with Gasteiger partial charge in [-0.15, -0.1) is 0 Å². The second kappa shape index (κ2) is 29.5. The van der Waals surface area contributed by atoms with E-state index in [4.69, 9.17) is 47.4 Å². The van der Waals surface area contributed by atoms with E-state index in [-0.39, 0.29) is 81.1 Å². The van der Waals surface area contributed by atoms with Gasteiger partial charge in [-0.25, -0.2) is 33.2 Å². The van der Waals surface area contributed by atoms with Crippen LogP contribution in [0.25, 0.3) is 22.3 Å². The van der Waals surface area contributed by atoms with Gasteiger partial charge in [-0.1, -0.05) is 69.8 Å². The first-order valence-electron chi connectivity index (χ1n) is 22.3. The lowest BCUT2D eigenvalue weighted by molar-refractivity contribution is -0.140. The molecule has 0 saturated carbocycles. The van der Waals surface area contributed by atoms with Crippen LogP contribution >= 0.6 is 0 Å². The number of carbonyl (C=O) groups excluding carboxylic acids is 6. The Kier molecular flexibility index (Phi) is 23.6. The highest BCUT2D eigenvalue weighted by atomic mass is 19.1. The van der Waals surface area contributed by atoms with Gasteiger partial charge >= 0.3 is 35.8 Å². The van der Waals surface area contributed by atoms with E-state index < -0.39 is 41.6 Å². The van der Waals surface area contributed by atoms with Gasteiger partial charge < -0.3 is 47.4 Å². The highest BCUT2D eigenvalue weighted by Gasteiger charge is 2.16. The summed E-state index contributed by atoms with van der Waals surface area (Å²) in [5.41, 5.74) is 4.27. The van der Waals surface area contributed by atoms with E-state index >= 15 is 0 Å². The molecule has 0 aliphatic rings. The van der Waals surface area contributed by atoms with Crippen LogP contribution < -0.4 is 28.4 Å². The summed E-state index contributed by atoms with van der Waals surface area (Å²) < 4.78 is 68.0. The smallest absolute Gasteiger partial charge is 0.338 e. The van der Waals surface area contributed by atoms with Gasteiger partial charge in [0.1, 0.15) is 58.6 Å². The predicted octanol–water partition coefficient (Wildman–Crippen LogP) is 9.80. The molecular weight excluding hydrogens is 948 g/mol. The number of rotatable bonds is 26. The van der Waals surface area contributed by atoms with Crippen molar-refractivity contribution in [2.45, 2.75) is 41.5 Å². The highest BCUT2D eigenvalue weighted by Crippen LogP contribution is 2.36. The van der Waals surface area contributed by atoms with Crippen molar-refractivity contribution in [3.05, 3.63) is 158 Å². The SMILES string of the molecule is C=C(C)C(=O)OCCOc1ccc(-c2ccc(OC(=O)C(=C)C)c(F)c2)cc1OCCOC(=O)C(=C)C.C=C(C)C(=O)OCCOc1ccc(-c2ccc(OC(=O)C(=C)C)cc2)cc1OCCOC(=O)C(=C)C. The van der Waals surface area contributed by atoms with Crippen LogP contribution in [-0.2, 0) is 47.7 Å². The van der Waals surface area contributed by atoms with Crippen LogP contribution in [0.1, 0.15) is 41.5 Å². The molecule has 0 unspecified atom stereocenters. The zero-order chi connectivity index (χ0) is 54.2. The van der Waals surface area contributed by atoms with Crippen molar-refractivity contribution in [3.8, 4) is 56.8 Å². The van der Waals surface area contributed by atoms with Gasteiger partial charge in [0.05, 0.1) is 0 Å². The Hall–Kier alpha value is -8.73. The van der Waals surface area contributed by atoms with Crippen molar-refractivity contribution in [2.75, 3.05) is 52.9 Å². The van der Waals surface area contributed by atoms with E-state index in [1.807, 2.05) is 6.07 Å². The van der Waals surface area contributed by atoms with E-state index in [1.54, 1.807) is 81.4 Å². The van der Waals surface area contributed by atoms with Crippen molar-refractivity contribution in [2.24, 2.45) is 0 Å².